The molecule has 2 heterocycles. The summed E-state index contributed by atoms with van der Waals surface area (Å²) in [5.41, 5.74) is 1.24. The van der Waals surface area contributed by atoms with Gasteiger partial charge in [0.15, 0.2) is 17.3 Å². The van der Waals surface area contributed by atoms with Crippen LogP contribution in [0.3, 0.4) is 0 Å². The Morgan fingerprint density at radius 2 is 1.69 bits per heavy atom. The highest BCUT2D eigenvalue weighted by Crippen LogP contribution is 2.31. The largest absolute Gasteiger partial charge is 0.494 e. The van der Waals surface area contributed by atoms with Gasteiger partial charge in [-0.25, -0.2) is 4.57 Å². The summed E-state index contributed by atoms with van der Waals surface area (Å²) in [4.78, 5) is 0. The van der Waals surface area contributed by atoms with E-state index in [0.717, 1.165) is 5.39 Å². The lowest BCUT2D eigenvalue weighted by atomic mass is 10.2. The molecule has 2 N–H and O–H groups in total. The molecule has 1 aromatic carbocycles. The van der Waals surface area contributed by atoms with Crippen LogP contribution in [0.5, 0.6) is 11.8 Å². The number of aromatic hydroxyl groups is 2. The van der Waals surface area contributed by atoms with Crippen molar-refractivity contribution < 1.29 is 14.6 Å². The monoisotopic (exact) mass is 215 g/mol. The van der Waals surface area contributed by atoms with E-state index in [0.29, 0.717) is 11.3 Å². The lowest BCUT2D eigenvalue weighted by Gasteiger charge is -2.06. The fraction of sp³-hybridized carbons (Fsp3) is 0. The van der Waals surface area contributed by atoms with Crippen LogP contribution in [0.2, 0.25) is 0 Å². The van der Waals surface area contributed by atoms with Gasteiger partial charge in [-0.2, -0.15) is 0 Å². The van der Waals surface area contributed by atoms with Crippen molar-refractivity contribution in [2.24, 2.45) is 0 Å². The van der Waals surface area contributed by atoms with Gasteiger partial charge in [0.25, 0.3) is 0 Å². The van der Waals surface area contributed by atoms with Gasteiger partial charge in [0.05, 0.1) is 12.0 Å². The highest BCUT2D eigenvalue weighted by atomic mass is 16.3. The van der Waals surface area contributed by atoms with E-state index >= 15 is 0 Å². The average molecular weight is 215 g/mol. The molecule has 0 aliphatic rings. The molecule has 0 aliphatic heterocycles. The first kappa shape index (κ1) is 8.91. The van der Waals surface area contributed by atoms with Crippen molar-refractivity contribution in [3.63, 3.8) is 0 Å². The fourth-order valence-electron chi connectivity index (χ4n) is 1.82. The van der Waals surface area contributed by atoms with Crippen LogP contribution in [-0.2, 0) is 0 Å². The van der Waals surface area contributed by atoms with E-state index < -0.39 is 0 Å². The molecule has 16 heavy (non-hydrogen) atoms. The van der Waals surface area contributed by atoms with Crippen molar-refractivity contribution in [1.82, 2.24) is 4.57 Å². The van der Waals surface area contributed by atoms with Gasteiger partial charge in [0.1, 0.15) is 0 Å². The van der Waals surface area contributed by atoms with Gasteiger partial charge >= 0.3 is 0 Å². The van der Waals surface area contributed by atoms with Gasteiger partial charge in [-0.05, 0) is 12.1 Å². The van der Waals surface area contributed by atoms with Gasteiger partial charge < -0.3 is 14.6 Å². The number of benzene rings is 1. The van der Waals surface area contributed by atoms with Gasteiger partial charge in [0, 0.05) is 17.5 Å². The van der Waals surface area contributed by atoms with Crippen LogP contribution in [0.25, 0.3) is 16.7 Å². The molecule has 2 aromatic heterocycles. The molecular formula is C12H9NO3. The highest BCUT2D eigenvalue weighted by Gasteiger charge is 2.12. The van der Waals surface area contributed by atoms with Crippen LogP contribution in [-0.4, -0.2) is 14.8 Å². The molecule has 0 amide bonds. The Bertz CT molecular complexity index is 632. The molecular weight excluding hydrogens is 206 g/mol. The van der Waals surface area contributed by atoms with Crippen LogP contribution in [0.15, 0.2) is 47.1 Å². The zero-order chi connectivity index (χ0) is 11.1. The highest BCUT2D eigenvalue weighted by molar-refractivity contribution is 5.85. The van der Waals surface area contributed by atoms with Crippen LogP contribution in [0.1, 0.15) is 0 Å². The number of nitrogens with zero attached hydrogens (tertiary/aromatic N) is 1. The summed E-state index contributed by atoms with van der Waals surface area (Å²) in [6.07, 6.45) is 1.58. The third-order valence-electron chi connectivity index (χ3n) is 2.54. The van der Waals surface area contributed by atoms with E-state index in [4.69, 9.17) is 4.42 Å². The molecule has 3 rings (SSSR count). The van der Waals surface area contributed by atoms with Gasteiger partial charge in [-0.3, -0.25) is 0 Å². The molecule has 0 saturated heterocycles. The second-order valence-corrected chi connectivity index (χ2v) is 3.50. The summed E-state index contributed by atoms with van der Waals surface area (Å²) in [5.74, 6) is -0.0530. The fourth-order valence-corrected chi connectivity index (χ4v) is 1.82. The van der Waals surface area contributed by atoms with Crippen molar-refractivity contribution in [2.75, 3.05) is 0 Å². The maximum atomic E-state index is 9.64. The van der Waals surface area contributed by atoms with Gasteiger partial charge in [-0.15, -0.1) is 0 Å². The molecule has 0 radical (unpaired) electrons. The smallest absolute Gasteiger partial charge is 0.198 e. The second kappa shape index (κ2) is 3.06. The first-order valence-electron chi connectivity index (χ1n) is 4.83. The maximum absolute atomic E-state index is 9.64. The Labute approximate surface area is 91.0 Å². The van der Waals surface area contributed by atoms with Crippen LogP contribution >= 0.6 is 0 Å². The number of hydrogen-bond donors (Lipinski definition) is 2. The minimum atomic E-state index is -0.0265. The first-order valence-corrected chi connectivity index (χ1v) is 4.83. The van der Waals surface area contributed by atoms with Crippen molar-refractivity contribution in [2.45, 2.75) is 0 Å². The number of furan rings is 1. The lowest BCUT2D eigenvalue weighted by molar-refractivity contribution is 0.402. The van der Waals surface area contributed by atoms with E-state index in [1.54, 1.807) is 12.3 Å². The number of aromatic nitrogens is 1. The predicted octanol–water partition coefficient (Wildman–Crippen LogP) is 2.63. The Morgan fingerprint density at radius 1 is 0.938 bits per heavy atom. The predicted molar refractivity (Wildman–Crippen MR) is 58.9 cm³/mol. The van der Waals surface area contributed by atoms with Crippen molar-refractivity contribution in [1.29, 1.82) is 0 Å². The molecule has 0 bridgehead atoms. The van der Waals surface area contributed by atoms with Crippen molar-refractivity contribution >= 4 is 11.0 Å². The zero-order valence-corrected chi connectivity index (χ0v) is 8.29. The topological polar surface area (TPSA) is 58.5 Å². The Morgan fingerprint density at radius 3 is 2.44 bits per heavy atom. The van der Waals surface area contributed by atoms with E-state index in [1.165, 1.54) is 16.7 Å². The summed E-state index contributed by atoms with van der Waals surface area (Å²) < 4.78 is 6.66. The van der Waals surface area contributed by atoms with Gasteiger partial charge in [0.2, 0.25) is 0 Å². The molecule has 3 aromatic rings. The molecule has 0 atom stereocenters. The minimum Gasteiger partial charge on any atom is -0.494 e. The Balaban J connectivity index is 2.38. The van der Waals surface area contributed by atoms with Crippen LogP contribution in [0, 0.1) is 0 Å². The number of hydrogen-bond acceptors (Lipinski definition) is 3. The molecule has 0 aliphatic carbocycles. The summed E-state index contributed by atoms with van der Waals surface area (Å²) in [7, 11) is 0. The maximum Gasteiger partial charge on any atom is 0.198 e. The quantitative estimate of drug-likeness (QED) is 0.656. The summed E-state index contributed by atoms with van der Waals surface area (Å²) >= 11 is 0. The standard InChI is InChI=1S/C12H9NO3/c14-10-4-5-11(15)13(10)9-3-1-2-8-6-7-16-12(8)9/h1-7,14-15H. The molecule has 0 spiro atoms. The van der Waals surface area contributed by atoms with E-state index in [1.807, 2.05) is 18.2 Å². The molecule has 0 unspecified atom stereocenters. The molecule has 80 valence electrons. The summed E-state index contributed by atoms with van der Waals surface area (Å²) in [6.45, 7) is 0. The number of para-hydroxylation sites is 1. The van der Waals surface area contributed by atoms with E-state index in [9.17, 15) is 10.2 Å². The average Bonchev–Trinajstić information content (AvgIpc) is 2.86. The first-order chi connectivity index (χ1) is 7.77. The minimum absolute atomic E-state index is 0.0265. The SMILES string of the molecule is Oc1ccc(O)n1-c1cccc2ccoc12. The molecule has 4 heteroatoms. The van der Waals surface area contributed by atoms with Crippen molar-refractivity contribution in [3.05, 3.63) is 42.7 Å². The normalized spacial score (nSPS) is 11.0. The lowest BCUT2D eigenvalue weighted by Crippen LogP contribution is -1.92. The zero-order valence-electron chi connectivity index (χ0n) is 8.29. The molecule has 4 nitrogen and oxygen atoms in total. The van der Waals surface area contributed by atoms with Crippen LogP contribution < -0.4 is 0 Å². The van der Waals surface area contributed by atoms with Crippen LogP contribution in [0.4, 0.5) is 0 Å². The van der Waals surface area contributed by atoms with Crippen molar-refractivity contribution in [3.8, 4) is 17.4 Å². The van der Waals surface area contributed by atoms with Gasteiger partial charge in [-0.1, -0.05) is 12.1 Å². The third kappa shape index (κ3) is 1.10. The summed E-state index contributed by atoms with van der Waals surface area (Å²) in [5, 5.41) is 20.2. The third-order valence-corrected chi connectivity index (χ3v) is 2.54. The molecule has 0 fully saturated rings. The number of fused-ring (bicyclic) bond motifs is 1. The summed E-state index contributed by atoms with van der Waals surface area (Å²) in [6, 6.07) is 10.2. The molecule has 0 saturated carbocycles. The van der Waals surface area contributed by atoms with E-state index in [2.05, 4.69) is 0 Å². The van der Waals surface area contributed by atoms with E-state index in [-0.39, 0.29) is 11.8 Å². The number of rotatable bonds is 1. The Hall–Kier alpha value is -2.36. The Kier molecular flexibility index (Phi) is 1.71. The second-order valence-electron chi connectivity index (χ2n) is 3.50.